The Morgan fingerprint density at radius 2 is 1.96 bits per heavy atom. The molecular weight excluding hydrogens is 414 g/mol. The molecule has 0 spiro atoms. The Labute approximate surface area is 153 Å². The van der Waals surface area contributed by atoms with E-state index in [0.29, 0.717) is 17.9 Å². The molecule has 0 bridgehead atoms. The number of hydrogen-bond donors (Lipinski definition) is 1. The van der Waals surface area contributed by atoms with Crippen molar-refractivity contribution in [3.63, 3.8) is 0 Å². The summed E-state index contributed by atoms with van der Waals surface area (Å²) < 4.78 is 43.0. The molecule has 1 aliphatic carbocycles. The van der Waals surface area contributed by atoms with Crippen LogP contribution in [0.5, 0.6) is 11.5 Å². The first-order chi connectivity index (χ1) is 11.9. The highest BCUT2D eigenvalue weighted by molar-refractivity contribution is 9.10. The molecule has 3 rings (SSSR count). The minimum atomic E-state index is -4.06. The molecule has 1 N–H and O–H groups in total. The Kier molecular flexibility index (Phi) is 4.79. The lowest BCUT2D eigenvalue weighted by Crippen LogP contribution is -2.32. The van der Waals surface area contributed by atoms with E-state index in [1.165, 1.54) is 32.6 Å². The highest BCUT2D eigenvalue weighted by atomic mass is 79.9. The first kappa shape index (κ1) is 17.8. The smallest absolute Gasteiger partial charge is 0.265 e. The fourth-order valence-electron chi connectivity index (χ4n) is 2.61. The number of furan rings is 1. The van der Waals surface area contributed by atoms with Crippen molar-refractivity contribution in [2.24, 2.45) is 5.92 Å². The molecule has 0 aliphatic heterocycles. The van der Waals surface area contributed by atoms with E-state index in [2.05, 4.69) is 20.7 Å². The molecule has 2 aromatic rings. The third-order valence-electron chi connectivity index (χ3n) is 4.00. The van der Waals surface area contributed by atoms with Crippen molar-refractivity contribution in [3.8, 4) is 11.5 Å². The highest BCUT2D eigenvalue weighted by Crippen LogP contribution is 2.48. The van der Waals surface area contributed by atoms with Crippen LogP contribution < -0.4 is 14.2 Å². The van der Waals surface area contributed by atoms with Gasteiger partial charge in [-0.2, -0.15) is 0 Å². The number of halogens is 1. The SMILES string of the molecule is COc1cc(Br)c(S(=O)(=O)NC(=O)[C@@H]2C[C@@H]2c2ccco2)cc1OC. The van der Waals surface area contributed by atoms with Gasteiger partial charge in [0.2, 0.25) is 5.91 Å². The van der Waals surface area contributed by atoms with E-state index in [1.807, 2.05) is 0 Å². The number of methoxy groups -OCH3 is 2. The van der Waals surface area contributed by atoms with Crippen LogP contribution in [0.25, 0.3) is 0 Å². The Bertz CT molecular complexity index is 894. The van der Waals surface area contributed by atoms with Gasteiger partial charge in [-0.1, -0.05) is 0 Å². The summed E-state index contributed by atoms with van der Waals surface area (Å²) in [6.45, 7) is 0. The maximum absolute atomic E-state index is 12.6. The molecule has 1 aliphatic rings. The van der Waals surface area contributed by atoms with Gasteiger partial charge in [0, 0.05) is 22.4 Å². The van der Waals surface area contributed by atoms with Crippen molar-refractivity contribution < 1.29 is 27.1 Å². The Morgan fingerprint density at radius 3 is 2.56 bits per heavy atom. The third kappa shape index (κ3) is 3.52. The monoisotopic (exact) mass is 429 g/mol. The molecule has 1 heterocycles. The van der Waals surface area contributed by atoms with Gasteiger partial charge in [-0.15, -0.1) is 0 Å². The molecule has 1 saturated carbocycles. The van der Waals surface area contributed by atoms with Crippen LogP contribution in [0.4, 0.5) is 0 Å². The van der Waals surface area contributed by atoms with Gasteiger partial charge in [0.05, 0.1) is 20.5 Å². The molecule has 1 aromatic carbocycles. The summed E-state index contributed by atoms with van der Waals surface area (Å²) in [5, 5.41) is 0. The highest BCUT2D eigenvalue weighted by Gasteiger charge is 2.47. The van der Waals surface area contributed by atoms with Crippen molar-refractivity contribution in [2.75, 3.05) is 14.2 Å². The molecule has 2 atom stereocenters. The first-order valence-electron chi connectivity index (χ1n) is 7.39. The Morgan fingerprint density at radius 1 is 1.28 bits per heavy atom. The van der Waals surface area contributed by atoms with Crippen molar-refractivity contribution in [1.82, 2.24) is 4.72 Å². The topological polar surface area (TPSA) is 94.8 Å². The van der Waals surface area contributed by atoms with Gasteiger partial charge in [0.25, 0.3) is 10.0 Å². The van der Waals surface area contributed by atoms with Crippen molar-refractivity contribution in [1.29, 1.82) is 0 Å². The minimum Gasteiger partial charge on any atom is -0.493 e. The normalized spacial score (nSPS) is 19.3. The number of hydrogen-bond acceptors (Lipinski definition) is 6. The Hall–Kier alpha value is -2.00. The average Bonchev–Trinajstić information content (AvgIpc) is 3.19. The van der Waals surface area contributed by atoms with Gasteiger partial charge in [-0.3, -0.25) is 4.79 Å². The molecule has 0 radical (unpaired) electrons. The number of sulfonamides is 1. The lowest BCUT2D eigenvalue weighted by atomic mass is 10.2. The van der Waals surface area contributed by atoms with Crippen molar-refractivity contribution in [2.45, 2.75) is 17.2 Å². The van der Waals surface area contributed by atoms with E-state index in [4.69, 9.17) is 13.9 Å². The molecule has 0 saturated heterocycles. The van der Waals surface area contributed by atoms with E-state index in [1.54, 1.807) is 12.1 Å². The van der Waals surface area contributed by atoms with Crippen LogP contribution in [0.1, 0.15) is 18.1 Å². The van der Waals surface area contributed by atoms with Gasteiger partial charge >= 0.3 is 0 Å². The van der Waals surface area contributed by atoms with Crippen LogP contribution in [0.2, 0.25) is 0 Å². The largest absolute Gasteiger partial charge is 0.493 e. The zero-order valence-electron chi connectivity index (χ0n) is 13.5. The number of ether oxygens (including phenoxy) is 2. The molecule has 0 unspecified atom stereocenters. The number of nitrogens with one attached hydrogen (secondary N) is 1. The number of rotatable bonds is 6. The summed E-state index contributed by atoms with van der Waals surface area (Å²) in [6.07, 6.45) is 2.09. The number of carbonyl (C=O) groups is 1. The van der Waals surface area contributed by atoms with E-state index in [9.17, 15) is 13.2 Å². The van der Waals surface area contributed by atoms with Crippen LogP contribution in [0.15, 0.2) is 44.3 Å². The molecular formula is C16H16BrNO6S. The molecule has 9 heteroatoms. The van der Waals surface area contributed by atoms with Gasteiger partial charge in [-0.25, -0.2) is 13.1 Å². The fraction of sp³-hybridized carbons (Fsp3) is 0.312. The summed E-state index contributed by atoms with van der Waals surface area (Å²) in [6, 6.07) is 6.29. The van der Waals surface area contributed by atoms with Gasteiger partial charge in [0.1, 0.15) is 10.7 Å². The summed E-state index contributed by atoms with van der Waals surface area (Å²) in [7, 11) is -1.21. The molecule has 25 heavy (non-hydrogen) atoms. The van der Waals surface area contributed by atoms with Gasteiger partial charge in [0.15, 0.2) is 11.5 Å². The van der Waals surface area contributed by atoms with Crippen LogP contribution >= 0.6 is 15.9 Å². The summed E-state index contributed by atoms with van der Waals surface area (Å²) >= 11 is 3.19. The molecule has 1 amide bonds. The second-order valence-corrected chi connectivity index (χ2v) is 8.08. The standard InChI is InChI=1S/C16H16BrNO6S/c1-22-13-7-11(17)15(8-14(13)23-2)25(20,21)18-16(19)10-6-9(10)12-4-3-5-24-12/h3-5,7-10H,6H2,1-2H3,(H,18,19)/t9-,10+/m0/s1. The van der Waals surface area contributed by atoms with E-state index >= 15 is 0 Å². The Balaban J connectivity index is 1.79. The predicted octanol–water partition coefficient (Wildman–Crippen LogP) is 2.67. The third-order valence-corrected chi connectivity index (χ3v) is 6.30. The molecule has 134 valence electrons. The summed E-state index contributed by atoms with van der Waals surface area (Å²) in [5.74, 6) is 0.255. The second-order valence-electron chi connectivity index (χ2n) is 5.57. The van der Waals surface area contributed by atoms with E-state index in [0.717, 1.165) is 0 Å². The van der Waals surface area contributed by atoms with Crippen molar-refractivity contribution in [3.05, 3.63) is 40.8 Å². The predicted molar refractivity (Wildman–Crippen MR) is 92.1 cm³/mol. The van der Waals surface area contributed by atoms with Gasteiger partial charge in [-0.05, 0) is 40.5 Å². The van der Waals surface area contributed by atoms with Crippen molar-refractivity contribution >= 4 is 31.9 Å². The zero-order valence-corrected chi connectivity index (χ0v) is 15.9. The fourth-order valence-corrected chi connectivity index (χ4v) is 4.67. The number of carbonyl (C=O) groups excluding carboxylic acids is 1. The van der Waals surface area contributed by atoms with Gasteiger partial charge < -0.3 is 13.9 Å². The number of amides is 1. The average molecular weight is 430 g/mol. The van der Waals surface area contributed by atoms with Crippen LogP contribution in [-0.2, 0) is 14.8 Å². The maximum Gasteiger partial charge on any atom is 0.265 e. The van der Waals surface area contributed by atoms with Crippen LogP contribution in [0, 0.1) is 5.92 Å². The minimum absolute atomic E-state index is 0.0842. The molecule has 1 aromatic heterocycles. The zero-order chi connectivity index (χ0) is 18.2. The van der Waals surface area contributed by atoms with Crippen LogP contribution in [-0.4, -0.2) is 28.5 Å². The van der Waals surface area contributed by atoms with E-state index in [-0.39, 0.29) is 21.0 Å². The lowest BCUT2D eigenvalue weighted by molar-refractivity contribution is -0.120. The van der Waals surface area contributed by atoms with E-state index < -0.39 is 21.8 Å². The summed E-state index contributed by atoms with van der Waals surface area (Å²) in [4.78, 5) is 12.2. The first-order valence-corrected chi connectivity index (χ1v) is 9.66. The quantitative estimate of drug-likeness (QED) is 0.758. The molecule has 1 fully saturated rings. The molecule has 7 nitrogen and oxygen atoms in total. The summed E-state index contributed by atoms with van der Waals surface area (Å²) in [5.41, 5.74) is 0. The maximum atomic E-state index is 12.6. The number of benzene rings is 1. The van der Waals surface area contributed by atoms with Crippen LogP contribution in [0.3, 0.4) is 0 Å². The second kappa shape index (κ2) is 6.72. The lowest BCUT2D eigenvalue weighted by Gasteiger charge is -2.13.